The lowest BCUT2D eigenvalue weighted by Gasteiger charge is -2.11. The van der Waals surface area contributed by atoms with Gasteiger partial charge in [0.2, 0.25) is 5.91 Å². The van der Waals surface area contributed by atoms with Gasteiger partial charge in [-0.3, -0.25) is 9.78 Å². The maximum atomic E-state index is 11.4. The van der Waals surface area contributed by atoms with Crippen molar-refractivity contribution in [3.8, 4) is 0 Å². The smallest absolute Gasteiger partial charge is 0.239 e. The van der Waals surface area contributed by atoms with Gasteiger partial charge in [-0.15, -0.1) is 0 Å². The molecule has 2 aromatic rings. The zero-order valence-electron chi connectivity index (χ0n) is 10.2. The Hall–Kier alpha value is -2.30. The molecule has 1 aromatic carbocycles. The van der Waals surface area contributed by atoms with Crippen LogP contribution in [0.4, 0.5) is 11.4 Å². The average Bonchev–Trinajstić information content (AvgIpc) is 2.39. The summed E-state index contributed by atoms with van der Waals surface area (Å²) in [6, 6.07) is 7.47. The zero-order chi connectivity index (χ0) is 13.0. The third-order valence-electron chi connectivity index (χ3n) is 2.64. The summed E-state index contributed by atoms with van der Waals surface area (Å²) >= 11 is 0. The van der Waals surface area contributed by atoms with Gasteiger partial charge in [0, 0.05) is 18.1 Å². The molecule has 1 heterocycles. The van der Waals surface area contributed by atoms with Crippen molar-refractivity contribution >= 4 is 28.2 Å². The molecule has 0 unspecified atom stereocenters. The Kier molecular flexibility index (Phi) is 3.62. The Balaban J connectivity index is 2.19. The largest absolute Gasteiger partial charge is 0.397 e. The summed E-state index contributed by atoms with van der Waals surface area (Å²) in [4.78, 5) is 15.6. The zero-order valence-corrected chi connectivity index (χ0v) is 10.2. The lowest BCUT2D eigenvalue weighted by Crippen LogP contribution is -2.29. The third-order valence-corrected chi connectivity index (χ3v) is 2.64. The summed E-state index contributed by atoms with van der Waals surface area (Å²) in [5.41, 5.74) is 8.26. The number of hydrogen-bond acceptors (Lipinski definition) is 4. The fourth-order valence-corrected chi connectivity index (χ4v) is 1.76. The van der Waals surface area contributed by atoms with E-state index < -0.39 is 0 Å². The number of hydrogen-bond donors (Lipinski definition) is 3. The van der Waals surface area contributed by atoms with E-state index in [-0.39, 0.29) is 12.5 Å². The number of fused-ring (bicyclic) bond motifs is 1. The van der Waals surface area contributed by atoms with Crippen molar-refractivity contribution < 1.29 is 4.79 Å². The number of likely N-dealkylation sites (N-methyl/N-ethyl adjacent to an activating group) is 1. The van der Waals surface area contributed by atoms with E-state index in [0.29, 0.717) is 12.2 Å². The van der Waals surface area contributed by atoms with Crippen LogP contribution < -0.4 is 16.4 Å². The summed E-state index contributed by atoms with van der Waals surface area (Å²) in [7, 11) is 0. The molecule has 0 bridgehead atoms. The number of carbonyl (C=O) groups is 1. The van der Waals surface area contributed by atoms with Gasteiger partial charge in [0.15, 0.2) is 0 Å². The highest BCUT2D eigenvalue weighted by Crippen LogP contribution is 2.26. The SMILES string of the molecule is CCNC(=O)CNc1ccc2ncccc2c1N. The van der Waals surface area contributed by atoms with Crippen LogP contribution in [-0.2, 0) is 4.79 Å². The van der Waals surface area contributed by atoms with Crippen LogP contribution in [0, 0.1) is 0 Å². The van der Waals surface area contributed by atoms with E-state index in [1.807, 2.05) is 31.2 Å². The predicted octanol–water partition coefficient (Wildman–Crippen LogP) is 1.36. The molecule has 0 atom stereocenters. The molecule has 1 amide bonds. The Morgan fingerprint density at radius 3 is 3.00 bits per heavy atom. The van der Waals surface area contributed by atoms with E-state index in [4.69, 9.17) is 5.73 Å². The van der Waals surface area contributed by atoms with Crippen LogP contribution in [0.2, 0.25) is 0 Å². The van der Waals surface area contributed by atoms with Gasteiger partial charge in [0.05, 0.1) is 23.4 Å². The summed E-state index contributed by atoms with van der Waals surface area (Å²) < 4.78 is 0. The number of carbonyl (C=O) groups excluding carboxylic acids is 1. The van der Waals surface area contributed by atoms with Crippen LogP contribution in [0.25, 0.3) is 10.9 Å². The van der Waals surface area contributed by atoms with E-state index in [1.165, 1.54) is 0 Å². The molecule has 94 valence electrons. The predicted molar refractivity (Wildman–Crippen MR) is 73.3 cm³/mol. The van der Waals surface area contributed by atoms with Crippen LogP contribution in [0.15, 0.2) is 30.5 Å². The van der Waals surface area contributed by atoms with Crippen molar-refractivity contribution in [2.24, 2.45) is 0 Å². The standard InChI is InChI=1S/C13H16N4O/c1-2-15-12(18)8-17-11-6-5-10-9(13(11)14)4-3-7-16-10/h3-7,17H,2,8,14H2,1H3,(H,15,18). The van der Waals surface area contributed by atoms with Gasteiger partial charge in [-0.1, -0.05) is 0 Å². The van der Waals surface area contributed by atoms with Crippen LogP contribution in [0.1, 0.15) is 6.92 Å². The fraction of sp³-hybridized carbons (Fsp3) is 0.231. The molecule has 0 aliphatic carbocycles. The molecule has 5 heteroatoms. The van der Waals surface area contributed by atoms with Gasteiger partial charge in [-0.25, -0.2) is 0 Å². The molecule has 0 aliphatic heterocycles. The highest BCUT2D eigenvalue weighted by molar-refractivity contribution is 5.97. The second-order valence-electron chi connectivity index (χ2n) is 3.90. The summed E-state index contributed by atoms with van der Waals surface area (Å²) in [6.07, 6.45) is 1.73. The lowest BCUT2D eigenvalue weighted by molar-refractivity contribution is -0.119. The maximum Gasteiger partial charge on any atom is 0.239 e. The van der Waals surface area contributed by atoms with Gasteiger partial charge in [0.25, 0.3) is 0 Å². The molecule has 1 aromatic heterocycles. The second-order valence-corrected chi connectivity index (χ2v) is 3.90. The number of amides is 1. The molecule has 0 spiro atoms. The molecular weight excluding hydrogens is 228 g/mol. The third kappa shape index (κ3) is 2.51. The van der Waals surface area contributed by atoms with Crippen molar-refractivity contribution in [2.75, 3.05) is 24.1 Å². The first-order chi connectivity index (χ1) is 8.72. The molecule has 4 N–H and O–H groups in total. The number of nitrogens with one attached hydrogen (secondary N) is 2. The highest BCUT2D eigenvalue weighted by Gasteiger charge is 2.06. The molecule has 5 nitrogen and oxygen atoms in total. The van der Waals surface area contributed by atoms with Crippen molar-refractivity contribution in [1.82, 2.24) is 10.3 Å². The lowest BCUT2D eigenvalue weighted by atomic mass is 10.1. The van der Waals surface area contributed by atoms with Gasteiger partial charge >= 0.3 is 0 Å². The van der Waals surface area contributed by atoms with Crippen LogP contribution in [0.3, 0.4) is 0 Å². The van der Waals surface area contributed by atoms with E-state index in [0.717, 1.165) is 16.6 Å². The number of pyridine rings is 1. The molecule has 0 saturated carbocycles. The molecule has 0 radical (unpaired) electrons. The number of benzene rings is 1. The summed E-state index contributed by atoms with van der Waals surface area (Å²) in [5.74, 6) is -0.0526. The van der Waals surface area contributed by atoms with Gasteiger partial charge in [-0.2, -0.15) is 0 Å². The normalized spacial score (nSPS) is 10.3. The topological polar surface area (TPSA) is 80.0 Å². The number of nitrogens with zero attached hydrogens (tertiary/aromatic N) is 1. The molecule has 0 aliphatic rings. The van der Waals surface area contributed by atoms with E-state index >= 15 is 0 Å². The van der Waals surface area contributed by atoms with Gasteiger partial charge < -0.3 is 16.4 Å². The van der Waals surface area contributed by atoms with Crippen molar-refractivity contribution in [2.45, 2.75) is 6.92 Å². The first-order valence-electron chi connectivity index (χ1n) is 5.86. The number of aromatic nitrogens is 1. The van der Waals surface area contributed by atoms with Crippen molar-refractivity contribution in [3.05, 3.63) is 30.5 Å². The van der Waals surface area contributed by atoms with Crippen LogP contribution in [0.5, 0.6) is 0 Å². The molecule has 2 rings (SSSR count). The molecular formula is C13H16N4O. The Morgan fingerprint density at radius 1 is 1.39 bits per heavy atom. The first-order valence-corrected chi connectivity index (χ1v) is 5.86. The summed E-state index contributed by atoms with van der Waals surface area (Å²) in [6.45, 7) is 2.72. The van der Waals surface area contributed by atoms with E-state index in [1.54, 1.807) is 6.20 Å². The Bertz CT molecular complexity index is 568. The molecule has 18 heavy (non-hydrogen) atoms. The number of rotatable bonds is 4. The van der Waals surface area contributed by atoms with E-state index in [2.05, 4.69) is 15.6 Å². The number of anilines is 2. The average molecular weight is 244 g/mol. The Labute approximate surface area is 105 Å². The fourth-order valence-electron chi connectivity index (χ4n) is 1.76. The van der Waals surface area contributed by atoms with Gasteiger partial charge in [-0.05, 0) is 31.2 Å². The minimum Gasteiger partial charge on any atom is -0.397 e. The Morgan fingerprint density at radius 2 is 2.22 bits per heavy atom. The minimum absolute atomic E-state index is 0.0526. The highest BCUT2D eigenvalue weighted by atomic mass is 16.1. The monoisotopic (exact) mass is 244 g/mol. The second kappa shape index (κ2) is 5.35. The van der Waals surface area contributed by atoms with Crippen LogP contribution in [-0.4, -0.2) is 24.0 Å². The van der Waals surface area contributed by atoms with Crippen molar-refractivity contribution in [3.63, 3.8) is 0 Å². The number of nitrogen functional groups attached to an aromatic ring is 1. The summed E-state index contributed by atoms with van der Waals surface area (Å²) in [5, 5.41) is 6.63. The molecule has 0 fully saturated rings. The minimum atomic E-state index is -0.0526. The van der Waals surface area contributed by atoms with Crippen LogP contribution >= 0.6 is 0 Å². The van der Waals surface area contributed by atoms with E-state index in [9.17, 15) is 4.79 Å². The maximum absolute atomic E-state index is 11.4. The molecule has 0 saturated heterocycles. The first kappa shape index (κ1) is 12.2. The van der Waals surface area contributed by atoms with Crippen molar-refractivity contribution in [1.29, 1.82) is 0 Å². The quantitative estimate of drug-likeness (QED) is 0.709. The number of nitrogens with two attached hydrogens (primary N) is 1. The van der Waals surface area contributed by atoms with Gasteiger partial charge in [0.1, 0.15) is 0 Å².